The Morgan fingerprint density at radius 1 is 0.935 bits per heavy atom. The summed E-state index contributed by atoms with van der Waals surface area (Å²) in [6.07, 6.45) is 0. The first-order valence-corrected chi connectivity index (χ1v) is 9.47. The fraction of sp³-hybridized carbons (Fsp3) is 0.0435. The van der Waals surface area contributed by atoms with E-state index in [1.807, 2.05) is 0 Å². The molecule has 0 radical (unpaired) electrons. The zero-order valence-corrected chi connectivity index (χ0v) is 16.5. The Hall–Kier alpha value is -3.71. The number of halogens is 3. The number of hydrogen-bond acceptors (Lipinski definition) is 4. The minimum absolute atomic E-state index is 0.0481. The lowest BCUT2D eigenvalue weighted by Crippen LogP contribution is -2.29. The molecule has 1 aliphatic rings. The summed E-state index contributed by atoms with van der Waals surface area (Å²) < 4.78 is 27.4. The molecule has 0 spiro atoms. The fourth-order valence-electron chi connectivity index (χ4n) is 3.49. The molecule has 1 amide bonds. The van der Waals surface area contributed by atoms with Crippen LogP contribution in [0, 0.1) is 11.6 Å². The van der Waals surface area contributed by atoms with Crippen LogP contribution in [-0.4, -0.2) is 21.9 Å². The fourth-order valence-corrected chi connectivity index (χ4v) is 3.68. The summed E-state index contributed by atoms with van der Waals surface area (Å²) in [7, 11) is 0. The van der Waals surface area contributed by atoms with Gasteiger partial charge in [-0.2, -0.15) is 0 Å². The van der Waals surface area contributed by atoms with Gasteiger partial charge in [0, 0.05) is 17.3 Å². The van der Waals surface area contributed by atoms with Crippen molar-refractivity contribution in [1.82, 2.24) is 0 Å². The van der Waals surface area contributed by atoms with Crippen molar-refractivity contribution >= 4 is 34.7 Å². The number of carbonyl (C=O) groups excluding carboxylic acids is 2. The van der Waals surface area contributed by atoms with Crippen LogP contribution in [0.3, 0.4) is 0 Å². The van der Waals surface area contributed by atoms with Crippen LogP contribution >= 0.6 is 11.6 Å². The molecule has 31 heavy (non-hydrogen) atoms. The van der Waals surface area contributed by atoms with E-state index in [-0.39, 0.29) is 27.6 Å². The second kappa shape index (κ2) is 7.85. The van der Waals surface area contributed by atoms with E-state index in [2.05, 4.69) is 0 Å². The van der Waals surface area contributed by atoms with E-state index in [0.717, 1.165) is 23.1 Å². The third-order valence-corrected chi connectivity index (χ3v) is 5.26. The SMILES string of the molecule is O=C1C(=O)N(c2ccc(F)c(F)c2)C(c2ccc(O)c(Cl)c2)/C1=C(\O)c1ccccc1. The first-order valence-electron chi connectivity index (χ1n) is 9.09. The number of aliphatic hydroxyl groups is 1. The Balaban J connectivity index is 1.98. The maximum Gasteiger partial charge on any atom is 0.300 e. The van der Waals surface area contributed by atoms with E-state index in [0.29, 0.717) is 5.56 Å². The van der Waals surface area contributed by atoms with Crippen LogP contribution in [0.15, 0.2) is 72.3 Å². The zero-order valence-electron chi connectivity index (χ0n) is 15.7. The van der Waals surface area contributed by atoms with Gasteiger partial charge >= 0.3 is 0 Å². The molecular formula is C23H14ClF2NO4. The third-order valence-electron chi connectivity index (χ3n) is 4.96. The summed E-state index contributed by atoms with van der Waals surface area (Å²) in [6.45, 7) is 0. The molecule has 3 aromatic carbocycles. The van der Waals surface area contributed by atoms with E-state index in [4.69, 9.17) is 11.6 Å². The van der Waals surface area contributed by atoms with E-state index in [1.54, 1.807) is 30.3 Å². The number of phenols is 1. The second-order valence-corrected chi connectivity index (χ2v) is 7.25. The number of aliphatic hydroxyl groups excluding tert-OH is 1. The third kappa shape index (κ3) is 3.53. The van der Waals surface area contributed by atoms with Crippen LogP contribution < -0.4 is 4.90 Å². The molecule has 1 saturated heterocycles. The van der Waals surface area contributed by atoms with Crippen molar-refractivity contribution in [2.75, 3.05) is 4.90 Å². The molecule has 4 rings (SSSR count). The van der Waals surface area contributed by atoms with E-state index in [1.165, 1.54) is 18.2 Å². The first kappa shape index (κ1) is 20.6. The molecule has 1 aliphatic heterocycles. The van der Waals surface area contributed by atoms with Crippen LogP contribution in [0.5, 0.6) is 5.75 Å². The molecule has 1 fully saturated rings. The van der Waals surface area contributed by atoms with E-state index >= 15 is 0 Å². The molecule has 1 unspecified atom stereocenters. The number of nitrogens with zero attached hydrogens (tertiary/aromatic N) is 1. The molecule has 5 nitrogen and oxygen atoms in total. The number of amides is 1. The highest BCUT2D eigenvalue weighted by atomic mass is 35.5. The minimum Gasteiger partial charge on any atom is -0.507 e. The predicted molar refractivity (Wildman–Crippen MR) is 111 cm³/mol. The molecular weight excluding hydrogens is 428 g/mol. The number of anilines is 1. The first-order chi connectivity index (χ1) is 14.8. The van der Waals surface area contributed by atoms with Crippen LogP contribution in [0.2, 0.25) is 5.02 Å². The van der Waals surface area contributed by atoms with E-state index in [9.17, 15) is 28.6 Å². The Kier molecular flexibility index (Phi) is 5.20. The number of aromatic hydroxyl groups is 1. The van der Waals surface area contributed by atoms with Crippen molar-refractivity contribution in [2.45, 2.75) is 6.04 Å². The largest absolute Gasteiger partial charge is 0.507 e. The maximum absolute atomic E-state index is 13.9. The van der Waals surface area contributed by atoms with Gasteiger partial charge in [0.25, 0.3) is 11.7 Å². The smallest absolute Gasteiger partial charge is 0.300 e. The normalized spacial score (nSPS) is 17.9. The molecule has 8 heteroatoms. The van der Waals surface area contributed by atoms with Gasteiger partial charge in [0.05, 0.1) is 16.6 Å². The topological polar surface area (TPSA) is 77.8 Å². The van der Waals surface area contributed by atoms with Gasteiger partial charge in [0.15, 0.2) is 11.6 Å². The average Bonchev–Trinajstić information content (AvgIpc) is 3.03. The van der Waals surface area contributed by atoms with Gasteiger partial charge in [-0.15, -0.1) is 0 Å². The quantitative estimate of drug-likeness (QED) is 0.342. The van der Waals surface area contributed by atoms with Gasteiger partial charge in [-0.25, -0.2) is 8.78 Å². The number of Topliss-reactive ketones (excluding diaryl/α,β-unsaturated/α-hetero) is 1. The zero-order chi connectivity index (χ0) is 22.3. The molecule has 2 N–H and O–H groups in total. The molecule has 3 aromatic rings. The monoisotopic (exact) mass is 441 g/mol. The highest BCUT2D eigenvalue weighted by Gasteiger charge is 2.47. The van der Waals surface area contributed by atoms with Crippen molar-refractivity contribution in [2.24, 2.45) is 0 Å². The molecule has 0 bridgehead atoms. The van der Waals surface area contributed by atoms with Gasteiger partial charge in [-0.1, -0.05) is 48.0 Å². The molecule has 0 saturated carbocycles. The number of rotatable bonds is 3. The van der Waals surface area contributed by atoms with Crippen molar-refractivity contribution in [3.63, 3.8) is 0 Å². The predicted octanol–water partition coefficient (Wildman–Crippen LogP) is 4.95. The minimum atomic E-state index is -1.20. The highest BCUT2D eigenvalue weighted by Crippen LogP contribution is 2.43. The van der Waals surface area contributed by atoms with Crippen molar-refractivity contribution < 1.29 is 28.6 Å². The van der Waals surface area contributed by atoms with Crippen LogP contribution in [0.25, 0.3) is 5.76 Å². The molecule has 1 heterocycles. The highest BCUT2D eigenvalue weighted by molar-refractivity contribution is 6.51. The van der Waals surface area contributed by atoms with Crippen LogP contribution in [0.1, 0.15) is 17.2 Å². The number of ketones is 1. The number of carbonyl (C=O) groups is 2. The van der Waals surface area contributed by atoms with E-state index < -0.39 is 35.1 Å². The molecule has 0 aromatic heterocycles. The molecule has 1 atom stereocenters. The molecule has 156 valence electrons. The number of hydrogen-bond donors (Lipinski definition) is 2. The van der Waals surface area contributed by atoms with Crippen molar-refractivity contribution in [1.29, 1.82) is 0 Å². The lowest BCUT2D eigenvalue weighted by atomic mass is 9.95. The van der Waals surface area contributed by atoms with Crippen molar-refractivity contribution in [3.8, 4) is 5.75 Å². The van der Waals surface area contributed by atoms with Gasteiger partial charge in [-0.05, 0) is 29.8 Å². The second-order valence-electron chi connectivity index (χ2n) is 6.84. The Morgan fingerprint density at radius 2 is 1.65 bits per heavy atom. The van der Waals surface area contributed by atoms with Gasteiger partial charge in [-0.3, -0.25) is 14.5 Å². The molecule has 0 aliphatic carbocycles. The summed E-state index contributed by atoms with van der Waals surface area (Å²) in [5, 5.41) is 20.6. The van der Waals surface area contributed by atoms with Gasteiger partial charge in [0.2, 0.25) is 0 Å². The standard InChI is InChI=1S/C23H14ClF2NO4/c24-15-10-13(6-9-18(15)28)20-19(21(29)12-4-2-1-3-5-12)22(30)23(31)27(20)14-7-8-16(25)17(26)11-14/h1-11,20,28-29H/b21-19+. The lowest BCUT2D eigenvalue weighted by Gasteiger charge is -2.25. The summed E-state index contributed by atoms with van der Waals surface area (Å²) in [5.74, 6) is -5.01. The van der Waals surface area contributed by atoms with Crippen molar-refractivity contribution in [3.05, 3.63) is 100 Å². The summed E-state index contributed by atoms with van der Waals surface area (Å²) >= 11 is 6.02. The summed E-state index contributed by atoms with van der Waals surface area (Å²) in [4.78, 5) is 26.8. The Labute approximate surface area is 180 Å². The lowest BCUT2D eigenvalue weighted by molar-refractivity contribution is -0.132. The Bertz CT molecular complexity index is 1240. The number of benzene rings is 3. The number of phenolic OH excluding ortho intramolecular Hbond substituents is 1. The van der Waals surface area contributed by atoms with Gasteiger partial charge in [0.1, 0.15) is 11.5 Å². The summed E-state index contributed by atoms with van der Waals surface area (Å²) in [6, 6.07) is 13.7. The van der Waals surface area contributed by atoms with Crippen LogP contribution in [0.4, 0.5) is 14.5 Å². The van der Waals surface area contributed by atoms with Crippen LogP contribution in [-0.2, 0) is 9.59 Å². The Morgan fingerprint density at radius 3 is 2.29 bits per heavy atom. The average molecular weight is 442 g/mol. The maximum atomic E-state index is 13.9. The summed E-state index contributed by atoms with van der Waals surface area (Å²) in [5.41, 5.74) is 0.245. The van der Waals surface area contributed by atoms with Gasteiger partial charge < -0.3 is 10.2 Å².